The Morgan fingerprint density at radius 2 is 1.75 bits per heavy atom. The topological polar surface area (TPSA) is 66.5 Å². The Morgan fingerprint density at radius 1 is 1.03 bits per heavy atom. The van der Waals surface area contributed by atoms with Crippen LogP contribution < -0.4 is 9.62 Å². The summed E-state index contributed by atoms with van der Waals surface area (Å²) < 4.78 is 28.0. The first kappa shape index (κ1) is 22.1. The fraction of sp³-hybridized carbons (Fsp3) is 0.269. The second kappa shape index (κ2) is 8.43. The number of nitrogens with one attached hydrogen (secondary N) is 1. The Kier molecular flexibility index (Phi) is 5.82. The largest absolute Gasteiger partial charge is 0.321 e. The SMILES string of the molecule is Cc1cccc(C(C)C)c1NC(=O)c1ccc2c(c1)CC(C)N2S(=O)(=O)c1ccccc1. The molecule has 0 bridgehead atoms. The molecule has 1 aliphatic heterocycles. The van der Waals surface area contributed by atoms with Gasteiger partial charge in [-0.15, -0.1) is 0 Å². The number of amides is 1. The van der Waals surface area contributed by atoms with E-state index in [0.717, 1.165) is 22.4 Å². The fourth-order valence-corrected chi connectivity index (χ4v) is 6.06. The van der Waals surface area contributed by atoms with Gasteiger partial charge in [-0.05, 0) is 73.2 Å². The molecule has 0 aromatic heterocycles. The predicted molar refractivity (Wildman–Crippen MR) is 129 cm³/mol. The van der Waals surface area contributed by atoms with Gasteiger partial charge in [-0.25, -0.2) is 8.42 Å². The van der Waals surface area contributed by atoms with Crippen molar-refractivity contribution in [2.24, 2.45) is 0 Å². The van der Waals surface area contributed by atoms with Crippen molar-refractivity contribution in [3.05, 3.63) is 89.0 Å². The van der Waals surface area contributed by atoms with E-state index in [1.54, 1.807) is 42.5 Å². The van der Waals surface area contributed by atoms with E-state index < -0.39 is 10.0 Å². The Hall–Kier alpha value is -3.12. The van der Waals surface area contributed by atoms with Gasteiger partial charge in [-0.2, -0.15) is 0 Å². The number of rotatable bonds is 5. The number of hydrogen-bond donors (Lipinski definition) is 1. The molecule has 1 aliphatic rings. The lowest BCUT2D eigenvalue weighted by molar-refractivity contribution is 0.102. The molecular weight excluding hydrogens is 420 g/mol. The smallest absolute Gasteiger partial charge is 0.264 e. The summed E-state index contributed by atoms with van der Waals surface area (Å²) in [5.74, 6) is 0.0869. The molecule has 166 valence electrons. The minimum atomic E-state index is -3.67. The quantitative estimate of drug-likeness (QED) is 0.560. The normalized spacial score (nSPS) is 15.7. The van der Waals surface area contributed by atoms with Crippen molar-refractivity contribution in [1.29, 1.82) is 0 Å². The van der Waals surface area contributed by atoms with Crippen LogP contribution in [0.1, 0.15) is 53.7 Å². The number of sulfonamides is 1. The number of fused-ring (bicyclic) bond motifs is 1. The molecule has 1 heterocycles. The molecule has 0 fully saturated rings. The number of nitrogens with zero attached hydrogens (tertiary/aromatic N) is 1. The average molecular weight is 449 g/mol. The van der Waals surface area contributed by atoms with Crippen LogP contribution in [0.4, 0.5) is 11.4 Å². The van der Waals surface area contributed by atoms with Gasteiger partial charge >= 0.3 is 0 Å². The van der Waals surface area contributed by atoms with Crippen LogP contribution in [0.3, 0.4) is 0 Å². The van der Waals surface area contributed by atoms with Crippen molar-refractivity contribution in [2.45, 2.75) is 51.0 Å². The third-order valence-corrected chi connectivity index (χ3v) is 7.90. The van der Waals surface area contributed by atoms with E-state index in [-0.39, 0.29) is 22.8 Å². The van der Waals surface area contributed by atoms with Gasteiger partial charge in [-0.3, -0.25) is 9.10 Å². The maximum Gasteiger partial charge on any atom is 0.264 e. The second-order valence-corrected chi connectivity index (χ2v) is 10.5. The first-order chi connectivity index (χ1) is 15.2. The Balaban J connectivity index is 1.65. The van der Waals surface area contributed by atoms with Crippen LogP contribution >= 0.6 is 0 Å². The highest BCUT2D eigenvalue weighted by atomic mass is 32.2. The summed E-state index contributed by atoms with van der Waals surface area (Å²) in [6, 6.07) is 19.5. The fourth-order valence-electron chi connectivity index (χ4n) is 4.34. The average Bonchev–Trinajstić information content (AvgIpc) is 3.11. The van der Waals surface area contributed by atoms with Crippen molar-refractivity contribution in [3.63, 3.8) is 0 Å². The summed E-state index contributed by atoms with van der Waals surface area (Å²) >= 11 is 0. The minimum absolute atomic E-state index is 0.194. The molecule has 1 atom stereocenters. The lowest BCUT2D eigenvalue weighted by Gasteiger charge is -2.24. The van der Waals surface area contributed by atoms with Gasteiger partial charge in [0.15, 0.2) is 0 Å². The van der Waals surface area contributed by atoms with Gasteiger partial charge < -0.3 is 5.32 Å². The van der Waals surface area contributed by atoms with E-state index in [0.29, 0.717) is 17.7 Å². The molecule has 1 N–H and O–H groups in total. The molecule has 0 radical (unpaired) electrons. The predicted octanol–water partition coefficient (Wildman–Crippen LogP) is 5.51. The maximum atomic E-state index is 13.3. The van der Waals surface area contributed by atoms with Crippen molar-refractivity contribution in [1.82, 2.24) is 0 Å². The number of carbonyl (C=O) groups excluding carboxylic acids is 1. The van der Waals surface area contributed by atoms with E-state index in [1.165, 1.54) is 4.31 Å². The van der Waals surface area contributed by atoms with Crippen LogP contribution in [-0.4, -0.2) is 20.4 Å². The molecule has 32 heavy (non-hydrogen) atoms. The minimum Gasteiger partial charge on any atom is -0.321 e. The second-order valence-electron chi connectivity index (χ2n) is 8.66. The number of anilines is 2. The number of benzene rings is 3. The van der Waals surface area contributed by atoms with Gasteiger partial charge in [0.2, 0.25) is 0 Å². The van der Waals surface area contributed by atoms with E-state index in [4.69, 9.17) is 0 Å². The first-order valence-electron chi connectivity index (χ1n) is 10.8. The molecule has 1 amide bonds. The molecule has 3 aromatic carbocycles. The summed E-state index contributed by atoms with van der Waals surface area (Å²) in [7, 11) is -3.67. The van der Waals surface area contributed by atoms with Crippen LogP contribution in [0, 0.1) is 6.92 Å². The van der Waals surface area contributed by atoms with Gasteiger partial charge in [0.1, 0.15) is 0 Å². The van der Waals surface area contributed by atoms with Gasteiger partial charge in [0.05, 0.1) is 10.6 Å². The summed E-state index contributed by atoms with van der Waals surface area (Å²) in [4.78, 5) is 13.3. The molecule has 0 spiro atoms. The molecule has 6 heteroatoms. The number of carbonyl (C=O) groups is 1. The molecule has 3 aromatic rings. The van der Waals surface area contributed by atoms with Crippen LogP contribution in [0.2, 0.25) is 0 Å². The number of hydrogen-bond acceptors (Lipinski definition) is 3. The third kappa shape index (κ3) is 3.91. The van der Waals surface area contributed by atoms with Crippen molar-refractivity contribution in [2.75, 3.05) is 9.62 Å². The van der Waals surface area contributed by atoms with Crippen molar-refractivity contribution >= 4 is 27.3 Å². The Bertz CT molecular complexity index is 1270. The highest BCUT2D eigenvalue weighted by Crippen LogP contribution is 2.37. The maximum absolute atomic E-state index is 13.3. The lowest BCUT2D eigenvalue weighted by atomic mass is 9.98. The summed E-state index contributed by atoms with van der Waals surface area (Å²) in [6.45, 7) is 8.08. The van der Waals surface area contributed by atoms with E-state index in [1.807, 2.05) is 38.1 Å². The Labute approximate surface area is 190 Å². The summed E-state index contributed by atoms with van der Waals surface area (Å²) in [6.07, 6.45) is 0.560. The highest BCUT2D eigenvalue weighted by molar-refractivity contribution is 7.92. The number of aryl methyl sites for hydroxylation is 1. The molecule has 0 aliphatic carbocycles. The van der Waals surface area contributed by atoms with Crippen LogP contribution in [0.25, 0.3) is 0 Å². The van der Waals surface area contributed by atoms with Crippen LogP contribution in [-0.2, 0) is 16.4 Å². The highest BCUT2D eigenvalue weighted by Gasteiger charge is 2.36. The first-order valence-corrected chi connectivity index (χ1v) is 12.3. The molecule has 0 saturated carbocycles. The van der Waals surface area contributed by atoms with E-state index in [2.05, 4.69) is 19.2 Å². The monoisotopic (exact) mass is 448 g/mol. The molecular formula is C26H28N2O3S. The van der Waals surface area contributed by atoms with Crippen LogP contribution in [0.15, 0.2) is 71.6 Å². The van der Waals surface area contributed by atoms with Crippen molar-refractivity contribution < 1.29 is 13.2 Å². The van der Waals surface area contributed by atoms with Crippen molar-refractivity contribution in [3.8, 4) is 0 Å². The van der Waals surface area contributed by atoms with Crippen LogP contribution in [0.5, 0.6) is 0 Å². The van der Waals surface area contributed by atoms with Gasteiger partial charge in [-0.1, -0.05) is 50.2 Å². The zero-order valence-electron chi connectivity index (χ0n) is 18.8. The zero-order chi connectivity index (χ0) is 23.0. The third-order valence-electron chi connectivity index (χ3n) is 5.96. The molecule has 0 saturated heterocycles. The van der Waals surface area contributed by atoms with Gasteiger partial charge in [0.25, 0.3) is 15.9 Å². The summed E-state index contributed by atoms with van der Waals surface area (Å²) in [5.41, 5.74) is 4.96. The standard InChI is InChI=1S/C26H28N2O3S/c1-17(2)23-12-8-9-18(3)25(23)27-26(29)20-13-14-24-21(16-20)15-19(4)28(24)32(30,31)22-10-6-5-7-11-22/h5-14,16-17,19H,15H2,1-4H3,(H,27,29). The van der Waals surface area contributed by atoms with E-state index >= 15 is 0 Å². The molecule has 4 rings (SSSR count). The van der Waals surface area contributed by atoms with E-state index in [9.17, 15) is 13.2 Å². The lowest BCUT2D eigenvalue weighted by Crippen LogP contribution is -2.35. The number of para-hydroxylation sites is 1. The van der Waals surface area contributed by atoms with Gasteiger partial charge in [0, 0.05) is 17.3 Å². The molecule has 5 nitrogen and oxygen atoms in total. The Morgan fingerprint density at radius 3 is 2.44 bits per heavy atom. The zero-order valence-corrected chi connectivity index (χ0v) is 19.6. The summed E-state index contributed by atoms with van der Waals surface area (Å²) in [5, 5.41) is 3.08. The molecule has 1 unspecified atom stereocenters.